The van der Waals surface area contributed by atoms with Gasteiger partial charge in [0.1, 0.15) is 0 Å². The van der Waals surface area contributed by atoms with Gasteiger partial charge in [-0.05, 0) is 37.3 Å². The molecular weight excluding hydrogens is 356 g/mol. The third kappa shape index (κ3) is 4.16. The molecule has 0 spiro atoms. The normalized spacial score (nSPS) is 17.2. The van der Waals surface area contributed by atoms with E-state index < -0.39 is 0 Å². The first kappa shape index (κ1) is 18.5. The Labute approximate surface area is 164 Å². The maximum Gasteiger partial charge on any atom is 0.409 e. The molecular formula is C20H26N6O2. The Morgan fingerprint density at radius 3 is 2.79 bits per heavy atom. The van der Waals surface area contributed by atoms with Gasteiger partial charge in [0.25, 0.3) is 0 Å². The molecule has 1 aromatic carbocycles. The Morgan fingerprint density at radius 1 is 1.21 bits per heavy atom. The largest absolute Gasteiger partial charge is 0.450 e. The van der Waals surface area contributed by atoms with E-state index in [0.29, 0.717) is 25.6 Å². The fraction of sp³-hybridized carbons (Fsp3) is 0.500. The van der Waals surface area contributed by atoms with Gasteiger partial charge >= 0.3 is 6.09 Å². The molecule has 1 aromatic heterocycles. The summed E-state index contributed by atoms with van der Waals surface area (Å²) < 4.78 is 5.07. The van der Waals surface area contributed by atoms with Crippen molar-refractivity contribution in [2.24, 2.45) is 0 Å². The summed E-state index contributed by atoms with van der Waals surface area (Å²) in [5.41, 5.74) is 2.75. The van der Waals surface area contributed by atoms with Crippen LogP contribution in [0.2, 0.25) is 0 Å². The first-order valence-corrected chi connectivity index (χ1v) is 9.92. The predicted octanol–water partition coefficient (Wildman–Crippen LogP) is 2.47. The minimum absolute atomic E-state index is 0.227. The van der Waals surface area contributed by atoms with Gasteiger partial charge in [-0.15, -0.1) is 5.10 Å². The lowest BCUT2D eigenvalue weighted by molar-refractivity contribution is 0.0983. The maximum absolute atomic E-state index is 11.8. The minimum Gasteiger partial charge on any atom is -0.450 e. The molecule has 148 valence electrons. The molecule has 1 N–H and O–H groups in total. The Balaban J connectivity index is 1.36. The Bertz CT molecular complexity index is 822. The van der Waals surface area contributed by atoms with Crippen LogP contribution in [0.25, 0.3) is 0 Å². The van der Waals surface area contributed by atoms with Crippen molar-refractivity contribution in [3.8, 4) is 0 Å². The summed E-state index contributed by atoms with van der Waals surface area (Å²) in [6.45, 7) is 5.34. The zero-order valence-corrected chi connectivity index (χ0v) is 16.2. The number of fused-ring (bicyclic) bond motifs is 1. The monoisotopic (exact) mass is 382 g/mol. The number of amides is 1. The molecule has 2 aliphatic heterocycles. The van der Waals surface area contributed by atoms with Crippen molar-refractivity contribution >= 4 is 17.9 Å². The summed E-state index contributed by atoms with van der Waals surface area (Å²) in [5.74, 6) is 1.39. The first-order valence-electron chi connectivity index (χ1n) is 9.92. The van der Waals surface area contributed by atoms with E-state index >= 15 is 0 Å². The van der Waals surface area contributed by atoms with Crippen molar-refractivity contribution < 1.29 is 9.53 Å². The number of nitrogens with one attached hydrogen (secondary N) is 1. The molecule has 1 fully saturated rings. The number of aromatic nitrogens is 3. The molecule has 0 atom stereocenters. The van der Waals surface area contributed by atoms with Crippen LogP contribution in [0.5, 0.6) is 0 Å². The number of ether oxygens (including phenoxy) is 1. The van der Waals surface area contributed by atoms with Crippen molar-refractivity contribution in [2.75, 3.05) is 36.5 Å². The maximum atomic E-state index is 11.8. The highest BCUT2D eigenvalue weighted by Gasteiger charge is 2.24. The van der Waals surface area contributed by atoms with Crippen molar-refractivity contribution in [1.82, 2.24) is 20.1 Å². The number of rotatable bonds is 4. The average molecular weight is 382 g/mol. The molecule has 0 aliphatic carbocycles. The molecule has 1 saturated heterocycles. The smallest absolute Gasteiger partial charge is 0.409 e. The summed E-state index contributed by atoms with van der Waals surface area (Å²) in [6.07, 6.45) is 4.18. The van der Waals surface area contributed by atoms with Crippen LogP contribution in [0.1, 0.15) is 30.9 Å². The highest BCUT2D eigenvalue weighted by molar-refractivity contribution is 5.67. The van der Waals surface area contributed by atoms with Gasteiger partial charge in [-0.3, -0.25) is 0 Å². The van der Waals surface area contributed by atoms with Gasteiger partial charge in [0, 0.05) is 32.2 Å². The van der Waals surface area contributed by atoms with Crippen LogP contribution < -0.4 is 10.2 Å². The van der Waals surface area contributed by atoms with E-state index in [4.69, 9.17) is 4.74 Å². The van der Waals surface area contributed by atoms with E-state index in [2.05, 4.69) is 49.7 Å². The van der Waals surface area contributed by atoms with Crippen LogP contribution in [0.4, 0.5) is 16.6 Å². The first-order chi connectivity index (χ1) is 13.7. The number of anilines is 2. The highest BCUT2D eigenvalue weighted by atomic mass is 16.6. The summed E-state index contributed by atoms with van der Waals surface area (Å²) >= 11 is 0. The number of nitrogens with zero attached hydrogens (tertiary/aromatic N) is 5. The van der Waals surface area contributed by atoms with E-state index in [9.17, 15) is 4.79 Å². The second-order valence-electron chi connectivity index (χ2n) is 7.18. The fourth-order valence-electron chi connectivity index (χ4n) is 3.80. The van der Waals surface area contributed by atoms with Crippen LogP contribution in [0, 0.1) is 0 Å². The van der Waals surface area contributed by atoms with E-state index in [-0.39, 0.29) is 12.1 Å². The summed E-state index contributed by atoms with van der Waals surface area (Å²) in [6, 6.07) is 8.77. The molecule has 1 amide bonds. The lowest BCUT2D eigenvalue weighted by Gasteiger charge is -2.32. The quantitative estimate of drug-likeness (QED) is 0.870. The molecule has 0 radical (unpaired) electrons. The van der Waals surface area contributed by atoms with E-state index in [1.54, 1.807) is 11.1 Å². The van der Waals surface area contributed by atoms with E-state index in [1.807, 2.05) is 6.92 Å². The average Bonchev–Trinajstić information content (AvgIpc) is 2.74. The van der Waals surface area contributed by atoms with Gasteiger partial charge in [0.2, 0.25) is 5.95 Å². The minimum atomic E-state index is -0.230. The number of likely N-dealkylation sites (tertiary alicyclic amines) is 1. The van der Waals surface area contributed by atoms with E-state index in [1.165, 1.54) is 11.1 Å². The SMILES string of the molecule is CCOC(=O)N1CCC(Nc2nncc(N3CCc4ccccc4C3)n2)CC1. The molecule has 0 saturated carbocycles. The van der Waals surface area contributed by atoms with Crippen LogP contribution in [-0.2, 0) is 17.7 Å². The molecule has 3 heterocycles. The fourth-order valence-corrected chi connectivity index (χ4v) is 3.80. The standard InChI is InChI=1S/C20H26N6O2/c1-2-28-20(27)25-11-8-17(9-12-25)22-19-23-18(13-21-24-19)26-10-7-15-5-3-4-6-16(15)14-26/h3-6,13,17H,2,7-12,14H2,1H3,(H,22,23,24). The van der Waals surface area contributed by atoms with Gasteiger partial charge in [0.05, 0.1) is 12.8 Å². The van der Waals surface area contributed by atoms with Gasteiger partial charge in [-0.2, -0.15) is 10.1 Å². The molecule has 28 heavy (non-hydrogen) atoms. The summed E-state index contributed by atoms with van der Waals surface area (Å²) in [7, 11) is 0. The van der Waals surface area contributed by atoms with Crippen molar-refractivity contribution in [3.63, 3.8) is 0 Å². The summed E-state index contributed by atoms with van der Waals surface area (Å²) in [5, 5.41) is 11.7. The third-order valence-electron chi connectivity index (χ3n) is 5.35. The van der Waals surface area contributed by atoms with Gasteiger partial charge in [0.15, 0.2) is 5.82 Å². The number of benzene rings is 1. The molecule has 4 rings (SSSR count). The second kappa shape index (κ2) is 8.41. The zero-order valence-electron chi connectivity index (χ0n) is 16.2. The van der Waals surface area contributed by atoms with Crippen molar-refractivity contribution in [3.05, 3.63) is 41.6 Å². The van der Waals surface area contributed by atoms with Crippen molar-refractivity contribution in [1.29, 1.82) is 0 Å². The Hall–Kier alpha value is -2.90. The molecule has 8 nitrogen and oxygen atoms in total. The van der Waals surface area contributed by atoms with Crippen LogP contribution in [0.3, 0.4) is 0 Å². The van der Waals surface area contributed by atoms with Gasteiger partial charge < -0.3 is 19.9 Å². The van der Waals surface area contributed by atoms with E-state index in [0.717, 1.165) is 38.2 Å². The van der Waals surface area contributed by atoms with Crippen LogP contribution in [-0.4, -0.2) is 58.5 Å². The summed E-state index contributed by atoms with van der Waals surface area (Å²) in [4.78, 5) is 20.5. The lowest BCUT2D eigenvalue weighted by atomic mass is 10.0. The molecule has 8 heteroatoms. The van der Waals surface area contributed by atoms with Gasteiger partial charge in [-0.25, -0.2) is 4.79 Å². The third-order valence-corrected chi connectivity index (χ3v) is 5.35. The molecule has 2 aliphatic rings. The Morgan fingerprint density at radius 2 is 2.00 bits per heavy atom. The number of piperidine rings is 1. The molecule has 0 unspecified atom stereocenters. The van der Waals surface area contributed by atoms with Crippen molar-refractivity contribution in [2.45, 2.75) is 38.8 Å². The van der Waals surface area contributed by atoms with Crippen LogP contribution >= 0.6 is 0 Å². The zero-order chi connectivity index (χ0) is 19.3. The Kier molecular flexibility index (Phi) is 5.55. The topological polar surface area (TPSA) is 83.5 Å². The number of carbonyl (C=O) groups is 1. The number of hydrogen-bond donors (Lipinski definition) is 1. The second-order valence-corrected chi connectivity index (χ2v) is 7.18. The molecule has 2 aromatic rings. The number of hydrogen-bond acceptors (Lipinski definition) is 7. The lowest BCUT2D eigenvalue weighted by Crippen LogP contribution is -2.42. The highest BCUT2D eigenvalue weighted by Crippen LogP contribution is 2.23. The van der Waals surface area contributed by atoms with Gasteiger partial charge in [-0.1, -0.05) is 24.3 Å². The predicted molar refractivity (Wildman–Crippen MR) is 106 cm³/mol. The van der Waals surface area contributed by atoms with Crippen LogP contribution in [0.15, 0.2) is 30.5 Å². The molecule has 0 bridgehead atoms. The number of carbonyl (C=O) groups excluding carboxylic acids is 1.